The Morgan fingerprint density at radius 2 is 1.76 bits per heavy atom. The molecular formula is C15H30OSi. The number of rotatable bonds is 5. The van der Waals surface area contributed by atoms with Crippen LogP contribution in [0.3, 0.4) is 0 Å². The van der Waals surface area contributed by atoms with Crippen LogP contribution in [0, 0.1) is 11.8 Å². The first kappa shape index (κ1) is 16.7. The first-order chi connectivity index (χ1) is 7.74. The largest absolute Gasteiger partial charge is 0.403 e. The Labute approximate surface area is 109 Å². The molecule has 100 valence electrons. The van der Waals surface area contributed by atoms with E-state index in [-0.39, 0.29) is 11.1 Å². The second kappa shape index (κ2) is 7.23. The van der Waals surface area contributed by atoms with E-state index in [1.807, 2.05) is 0 Å². The molecule has 0 aliphatic heterocycles. The summed E-state index contributed by atoms with van der Waals surface area (Å²) >= 11 is 0. The molecule has 0 saturated heterocycles. The van der Waals surface area contributed by atoms with Crippen LogP contribution < -0.4 is 0 Å². The van der Waals surface area contributed by atoms with Gasteiger partial charge in [0.25, 0.3) is 0 Å². The van der Waals surface area contributed by atoms with Gasteiger partial charge in [-0.25, -0.2) is 0 Å². The van der Waals surface area contributed by atoms with E-state index < -0.39 is 8.32 Å². The third-order valence-electron chi connectivity index (χ3n) is 3.50. The van der Waals surface area contributed by atoms with Crippen LogP contribution in [0.5, 0.6) is 0 Å². The first-order valence-corrected chi connectivity index (χ1v) is 9.81. The molecule has 2 heteroatoms. The van der Waals surface area contributed by atoms with Gasteiger partial charge in [-0.3, -0.25) is 0 Å². The molecule has 0 aliphatic rings. The molecule has 0 aromatic rings. The van der Waals surface area contributed by atoms with Crippen molar-refractivity contribution < 1.29 is 4.43 Å². The molecule has 0 spiro atoms. The van der Waals surface area contributed by atoms with Gasteiger partial charge in [0.05, 0.1) is 0 Å². The van der Waals surface area contributed by atoms with Crippen molar-refractivity contribution in [3.05, 3.63) is 0 Å². The van der Waals surface area contributed by atoms with Crippen molar-refractivity contribution in [2.75, 3.05) is 0 Å². The van der Waals surface area contributed by atoms with Crippen molar-refractivity contribution in [1.29, 1.82) is 0 Å². The molecule has 0 fully saturated rings. The van der Waals surface area contributed by atoms with Crippen LogP contribution in [0.4, 0.5) is 0 Å². The predicted octanol–water partition coefficient (Wildman–Crippen LogP) is 4.98. The van der Waals surface area contributed by atoms with Gasteiger partial charge in [0.2, 0.25) is 0 Å². The maximum absolute atomic E-state index is 6.37. The van der Waals surface area contributed by atoms with Crippen molar-refractivity contribution in [3.8, 4) is 11.8 Å². The summed E-state index contributed by atoms with van der Waals surface area (Å²) in [5.41, 5.74) is 0. The zero-order chi connectivity index (χ0) is 13.5. The van der Waals surface area contributed by atoms with Crippen molar-refractivity contribution in [3.63, 3.8) is 0 Å². The molecule has 1 atom stereocenters. The van der Waals surface area contributed by atoms with Crippen molar-refractivity contribution in [1.82, 2.24) is 0 Å². The molecule has 0 heterocycles. The molecule has 1 unspecified atom stereocenters. The molecule has 0 N–H and O–H groups in total. The van der Waals surface area contributed by atoms with Crippen LogP contribution in [-0.4, -0.2) is 14.4 Å². The van der Waals surface area contributed by atoms with Crippen molar-refractivity contribution in [2.24, 2.45) is 0 Å². The third kappa shape index (κ3) is 6.28. The van der Waals surface area contributed by atoms with E-state index in [1.54, 1.807) is 0 Å². The Morgan fingerprint density at radius 3 is 2.18 bits per heavy atom. The lowest BCUT2D eigenvalue weighted by molar-refractivity contribution is 0.220. The van der Waals surface area contributed by atoms with Gasteiger partial charge in [0, 0.05) is 6.42 Å². The highest BCUT2D eigenvalue weighted by molar-refractivity contribution is 6.74. The third-order valence-corrected chi connectivity index (χ3v) is 7.99. The summed E-state index contributed by atoms with van der Waals surface area (Å²) in [6, 6.07) is 0. The molecule has 0 saturated carbocycles. The highest BCUT2D eigenvalue weighted by Crippen LogP contribution is 2.37. The van der Waals surface area contributed by atoms with Gasteiger partial charge in [0.1, 0.15) is 6.10 Å². The molecular weight excluding hydrogens is 224 g/mol. The van der Waals surface area contributed by atoms with Gasteiger partial charge >= 0.3 is 0 Å². The molecule has 0 bridgehead atoms. The van der Waals surface area contributed by atoms with E-state index in [2.05, 4.69) is 59.6 Å². The topological polar surface area (TPSA) is 9.23 Å². The molecule has 0 amide bonds. The van der Waals surface area contributed by atoms with E-state index in [0.29, 0.717) is 0 Å². The summed E-state index contributed by atoms with van der Waals surface area (Å²) in [5, 5.41) is 0.269. The Morgan fingerprint density at radius 1 is 1.18 bits per heavy atom. The zero-order valence-corrected chi connectivity index (χ0v) is 13.8. The second-order valence-corrected chi connectivity index (χ2v) is 10.9. The van der Waals surface area contributed by atoms with Gasteiger partial charge < -0.3 is 4.43 Å². The molecule has 0 aromatic carbocycles. The SMILES string of the molecule is CCC#CC(CCCC)O[Si](C)(C)C(C)(C)C. The van der Waals surface area contributed by atoms with Crippen LogP contribution >= 0.6 is 0 Å². The second-order valence-electron chi connectivity index (χ2n) is 6.18. The average molecular weight is 254 g/mol. The van der Waals surface area contributed by atoms with Gasteiger partial charge in [-0.1, -0.05) is 53.4 Å². The van der Waals surface area contributed by atoms with Gasteiger partial charge in [-0.2, -0.15) is 0 Å². The summed E-state index contributed by atoms with van der Waals surface area (Å²) in [7, 11) is -1.67. The zero-order valence-electron chi connectivity index (χ0n) is 12.8. The molecule has 0 radical (unpaired) electrons. The Bertz CT molecular complexity index is 265. The van der Waals surface area contributed by atoms with E-state index in [4.69, 9.17) is 4.43 Å². The van der Waals surface area contributed by atoms with E-state index in [1.165, 1.54) is 12.8 Å². The van der Waals surface area contributed by atoms with E-state index >= 15 is 0 Å². The Balaban J connectivity index is 4.62. The molecule has 0 aromatic heterocycles. The maximum atomic E-state index is 6.37. The smallest absolute Gasteiger partial charge is 0.193 e. The molecule has 1 nitrogen and oxygen atoms in total. The fraction of sp³-hybridized carbons (Fsp3) is 0.867. The molecule has 0 rings (SSSR count). The summed E-state index contributed by atoms with van der Waals surface area (Å²) in [6.07, 6.45) is 4.57. The van der Waals surface area contributed by atoms with Crippen LogP contribution in [0.25, 0.3) is 0 Å². The molecule has 0 aliphatic carbocycles. The normalized spacial score (nSPS) is 14.1. The van der Waals surface area contributed by atoms with Crippen LogP contribution in [-0.2, 0) is 4.43 Å². The van der Waals surface area contributed by atoms with Crippen LogP contribution in [0.2, 0.25) is 18.1 Å². The fourth-order valence-corrected chi connectivity index (χ4v) is 2.54. The Kier molecular flexibility index (Phi) is 7.12. The van der Waals surface area contributed by atoms with Gasteiger partial charge in [-0.15, -0.1) is 5.92 Å². The minimum atomic E-state index is -1.67. The van der Waals surface area contributed by atoms with Crippen molar-refractivity contribution >= 4 is 8.32 Å². The number of hydrogen-bond acceptors (Lipinski definition) is 1. The summed E-state index contributed by atoms with van der Waals surface area (Å²) in [5.74, 6) is 6.47. The minimum absolute atomic E-state index is 0.149. The van der Waals surface area contributed by atoms with E-state index in [0.717, 1.165) is 12.8 Å². The highest BCUT2D eigenvalue weighted by atomic mass is 28.4. The minimum Gasteiger partial charge on any atom is -0.403 e. The van der Waals surface area contributed by atoms with E-state index in [9.17, 15) is 0 Å². The van der Waals surface area contributed by atoms with Crippen LogP contribution in [0.15, 0.2) is 0 Å². The summed E-state index contributed by atoms with van der Waals surface area (Å²) in [4.78, 5) is 0. The number of unbranched alkanes of at least 4 members (excludes halogenated alkanes) is 1. The summed E-state index contributed by atoms with van der Waals surface area (Å²) in [6.45, 7) is 15.8. The summed E-state index contributed by atoms with van der Waals surface area (Å²) < 4.78 is 6.37. The average Bonchev–Trinajstić information content (AvgIpc) is 2.20. The fourth-order valence-electron chi connectivity index (χ4n) is 1.30. The lowest BCUT2D eigenvalue weighted by Crippen LogP contribution is -2.43. The lowest BCUT2D eigenvalue weighted by atomic mass is 10.2. The first-order valence-electron chi connectivity index (χ1n) is 6.90. The standard InChI is InChI=1S/C15H30OSi/c1-8-10-12-14(13-11-9-2)16-17(6,7)15(3,4)5/h14H,8-10,12H2,1-7H3. The lowest BCUT2D eigenvalue weighted by Gasteiger charge is -2.38. The quantitative estimate of drug-likeness (QED) is 0.496. The Hall–Kier alpha value is -0.263. The highest BCUT2D eigenvalue weighted by Gasteiger charge is 2.38. The van der Waals surface area contributed by atoms with Gasteiger partial charge in [0.15, 0.2) is 8.32 Å². The van der Waals surface area contributed by atoms with Crippen LogP contribution in [0.1, 0.15) is 60.3 Å². The maximum Gasteiger partial charge on any atom is 0.193 e. The monoisotopic (exact) mass is 254 g/mol. The molecule has 17 heavy (non-hydrogen) atoms. The number of hydrogen-bond donors (Lipinski definition) is 0. The van der Waals surface area contributed by atoms with Gasteiger partial charge in [-0.05, 0) is 24.6 Å². The van der Waals surface area contributed by atoms with Crippen molar-refractivity contribution in [2.45, 2.75) is 84.5 Å². The predicted molar refractivity (Wildman–Crippen MR) is 79.7 cm³/mol.